The molecule has 3 heterocycles. The lowest BCUT2D eigenvalue weighted by molar-refractivity contribution is 1.19. The summed E-state index contributed by atoms with van der Waals surface area (Å²) in [5, 5.41) is 20.2. The predicted molar refractivity (Wildman–Crippen MR) is 289 cm³/mol. The number of fused-ring (bicyclic) bond motifs is 17. The second-order valence-corrected chi connectivity index (χ2v) is 19.7. The van der Waals surface area contributed by atoms with Crippen LogP contribution in [-0.2, 0) is 0 Å². The van der Waals surface area contributed by atoms with Gasteiger partial charge in [-0.2, -0.15) is 0 Å². The number of anilines is 3. The van der Waals surface area contributed by atoms with E-state index in [1.807, 2.05) is 22.7 Å². The largest absolute Gasteiger partial charge is 0.308 e. The molecular formula is C62H36N2S2. The molecule has 66 heavy (non-hydrogen) atoms. The number of rotatable bonds is 4. The Hall–Kier alpha value is -8.02. The van der Waals surface area contributed by atoms with Crippen molar-refractivity contribution < 1.29 is 0 Å². The van der Waals surface area contributed by atoms with Gasteiger partial charge in [0, 0.05) is 52.1 Å². The average molecular weight is 873 g/mol. The van der Waals surface area contributed by atoms with E-state index < -0.39 is 0 Å². The molecular weight excluding hydrogens is 837 g/mol. The maximum absolute atomic E-state index is 2.57. The first-order chi connectivity index (χ1) is 32.7. The van der Waals surface area contributed by atoms with Gasteiger partial charge in [0.1, 0.15) is 0 Å². The molecule has 0 N–H and O–H groups in total. The quantitative estimate of drug-likeness (QED) is 0.160. The fraction of sp³-hybridized carbons (Fsp3) is 0. The van der Waals surface area contributed by atoms with Crippen LogP contribution in [0.3, 0.4) is 0 Å². The van der Waals surface area contributed by atoms with Gasteiger partial charge in [0.15, 0.2) is 0 Å². The van der Waals surface area contributed by atoms with Crippen LogP contribution in [0, 0.1) is 0 Å². The Morgan fingerprint density at radius 3 is 1.76 bits per heavy atom. The standard InChI is InChI=1S/C62H36N2S2/c1-2-15-41-35-58-52(34-40(41)14-1)59-54(22-11-25-57(59)65-58)63(42-30-26-39-28-31-45-43-16-5-3-12-37(43)27-32-46(45)51(39)36-42)55-23-9-19-48-47-18-7-8-21-53(47)64(60(48)55)56-24-10-20-49-50-33-29-38-13-4-6-17-44(38)61(50)66-62(49)56/h1-36H. The van der Waals surface area contributed by atoms with Gasteiger partial charge in [-0.15, -0.1) is 22.7 Å². The lowest BCUT2D eigenvalue weighted by atomic mass is 9.96. The summed E-state index contributed by atoms with van der Waals surface area (Å²) in [4.78, 5) is 2.57. The van der Waals surface area contributed by atoms with E-state index in [0.717, 1.165) is 17.1 Å². The average Bonchev–Trinajstić information content (AvgIpc) is 4.06. The molecule has 0 aliphatic rings. The minimum absolute atomic E-state index is 1.12. The van der Waals surface area contributed by atoms with Gasteiger partial charge in [0.05, 0.1) is 32.8 Å². The summed E-state index contributed by atoms with van der Waals surface area (Å²) in [7, 11) is 0. The predicted octanol–water partition coefficient (Wildman–Crippen LogP) is 18.8. The highest BCUT2D eigenvalue weighted by Crippen LogP contribution is 2.51. The number of hydrogen-bond acceptors (Lipinski definition) is 3. The molecule has 0 fully saturated rings. The van der Waals surface area contributed by atoms with Gasteiger partial charge in [-0.3, -0.25) is 0 Å². The van der Waals surface area contributed by atoms with E-state index in [1.54, 1.807) is 0 Å². The topological polar surface area (TPSA) is 8.17 Å². The van der Waals surface area contributed by atoms with Crippen LogP contribution in [0.2, 0.25) is 0 Å². The van der Waals surface area contributed by atoms with Crippen molar-refractivity contribution in [2.45, 2.75) is 0 Å². The summed E-state index contributed by atoms with van der Waals surface area (Å²) in [5.41, 5.74) is 6.97. The van der Waals surface area contributed by atoms with Crippen LogP contribution in [0.25, 0.3) is 122 Å². The van der Waals surface area contributed by atoms with Gasteiger partial charge in [-0.05, 0) is 108 Å². The van der Waals surface area contributed by atoms with Crippen LogP contribution in [-0.4, -0.2) is 4.57 Å². The number of para-hydroxylation sites is 2. The number of benzene rings is 12. The fourth-order valence-electron chi connectivity index (χ4n) is 11.2. The molecule has 0 radical (unpaired) electrons. The molecule has 15 rings (SSSR count). The van der Waals surface area contributed by atoms with Crippen molar-refractivity contribution in [2.24, 2.45) is 0 Å². The molecule has 0 saturated heterocycles. The third-order valence-electron chi connectivity index (χ3n) is 14.1. The molecule has 0 atom stereocenters. The van der Waals surface area contributed by atoms with Crippen LogP contribution < -0.4 is 4.90 Å². The Balaban J connectivity index is 1.08. The Morgan fingerprint density at radius 1 is 0.318 bits per heavy atom. The van der Waals surface area contributed by atoms with Crippen molar-refractivity contribution in [1.82, 2.24) is 4.57 Å². The minimum atomic E-state index is 1.12. The molecule has 0 aliphatic carbocycles. The zero-order valence-electron chi connectivity index (χ0n) is 35.5. The van der Waals surface area contributed by atoms with Gasteiger partial charge in [0.25, 0.3) is 0 Å². The van der Waals surface area contributed by atoms with Gasteiger partial charge < -0.3 is 9.47 Å². The summed E-state index contributed by atoms with van der Waals surface area (Å²) in [5.74, 6) is 0. The van der Waals surface area contributed by atoms with E-state index in [2.05, 4.69) is 228 Å². The molecule has 0 spiro atoms. The maximum Gasteiger partial charge on any atom is 0.0782 e. The van der Waals surface area contributed by atoms with Crippen molar-refractivity contribution >= 4 is 156 Å². The number of aromatic nitrogens is 1. The molecule has 0 saturated carbocycles. The third-order valence-corrected chi connectivity index (χ3v) is 16.5. The third kappa shape index (κ3) is 5.11. The second kappa shape index (κ2) is 13.7. The number of nitrogens with zero attached hydrogens (tertiary/aromatic N) is 2. The zero-order valence-corrected chi connectivity index (χ0v) is 37.1. The monoisotopic (exact) mass is 872 g/mol. The van der Waals surface area contributed by atoms with E-state index >= 15 is 0 Å². The van der Waals surface area contributed by atoms with E-state index in [0.29, 0.717) is 0 Å². The van der Waals surface area contributed by atoms with E-state index in [-0.39, 0.29) is 0 Å². The molecule has 0 aliphatic heterocycles. The maximum atomic E-state index is 2.57. The summed E-state index contributed by atoms with van der Waals surface area (Å²) in [6.07, 6.45) is 0. The van der Waals surface area contributed by atoms with Crippen LogP contribution in [0.4, 0.5) is 17.1 Å². The van der Waals surface area contributed by atoms with Crippen molar-refractivity contribution in [3.63, 3.8) is 0 Å². The molecule has 306 valence electrons. The lowest BCUT2D eigenvalue weighted by Crippen LogP contribution is -2.12. The Labute approximate surface area is 387 Å². The highest BCUT2D eigenvalue weighted by atomic mass is 32.1. The van der Waals surface area contributed by atoms with Crippen molar-refractivity contribution in [2.75, 3.05) is 4.90 Å². The first-order valence-electron chi connectivity index (χ1n) is 22.6. The normalized spacial score (nSPS) is 12.2. The Kier molecular flexibility index (Phi) is 7.57. The smallest absolute Gasteiger partial charge is 0.0782 e. The van der Waals surface area contributed by atoms with E-state index in [1.165, 1.54) is 122 Å². The van der Waals surface area contributed by atoms with Gasteiger partial charge in [0.2, 0.25) is 0 Å². The molecule has 2 nitrogen and oxygen atoms in total. The summed E-state index contributed by atoms with van der Waals surface area (Å²) in [6, 6.07) is 81.7. The number of thiophene rings is 2. The minimum Gasteiger partial charge on any atom is -0.308 e. The van der Waals surface area contributed by atoms with Crippen molar-refractivity contribution in [3.05, 3.63) is 218 Å². The Bertz CT molecular complexity index is 4550. The lowest BCUT2D eigenvalue weighted by Gasteiger charge is -2.28. The summed E-state index contributed by atoms with van der Waals surface area (Å²) < 4.78 is 7.75. The SMILES string of the molecule is c1ccc2cc3c(cc2c1)sc1cccc(N(c2ccc4ccc5c6ccccc6ccc5c4c2)c2cccc4c5ccccc5n(-c5cccc6c5sc5c7ccccc7ccc65)c24)c13. The van der Waals surface area contributed by atoms with E-state index in [4.69, 9.17) is 0 Å². The van der Waals surface area contributed by atoms with E-state index in [9.17, 15) is 0 Å². The summed E-state index contributed by atoms with van der Waals surface area (Å²) in [6.45, 7) is 0. The first kappa shape index (κ1) is 36.3. The molecule has 0 amide bonds. The zero-order chi connectivity index (χ0) is 43.0. The Morgan fingerprint density at radius 2 is 0.909 bits per heavy atom. The summed E-state index contributed by atoms with van der Waals surface area (Å²) >= 11 is 3.80. The molecule has 3 aromatic heterocycles. The molecule has 0 unspecified atom stereocenters. The highest BCUT2D eigenvalue weighted by Gasteiger charge is 2.26. The fourth-order valence-corrected chi connectivity index (χ4v) is 13.6. The van der Waals surface area contributed by atoms with Gasteiger partial charge >= 0.3 is 0 Å². The van der Waals surface area contributed by atoms with Crippen LogP contribution in [0.15, 0.2) is 218 Å². The van der Waals surface area contributed by atoms with Crippen LogP contribution in [0.1, 0.15) is 0 Å². The van der Waals surface area contributed by atoms with Crippen LogP contribution in [0.5, 0.6) is 0 Å². The van der Waals surface area contributed by atoms with Crippen LogP contribution >= 0.6 is 22.7 Å². The molecule has 15 aromatic rings. The van der Waals surface area contributed by atoms with Crippen molar-refractivity contribution in [1.29, 1.82) is 0 Å². The molecule has 12 aromatic carbocycles. The molecule has 0 bridgehead atoms. The van der Waals surface area contributed by atoms with Gasteiger partial charge in [-0.1, -0.05) is 164 Å². The molecule has 4 heteroatoms. The highest BCUT2D eigenvalue weighted by molar-refractivity contribution is 7.27. The first-order valence-corrected chi connectivity index (χ1v) is 24.2. The number of hydrogen-bond donors (Lipinski definition) is 0. The van der Waals surface area contributed by atoms with Gasteiger partial charge in [-0.25, -0.2) is 0 Å². The second-order valence-electron chi connectivity index (χ2n) is 17.6. The van der Waals surface area contributed by atoms with Crippen molar-refractivity contribution in [3.8, 4) is 5.69 Å².